The minimum atomic E-state index is 0.672. The molecule has 1 aromatic carbocycles. The van der Waals surface area contributed by atoms with Crippen molar-refractivity contribution in [3.05, 3.63) is 38.8 Å². The molecule has 0 radical (unpaired) electrons. The number of halogens is 2. The summed E-state index contributed by atoms with van der Waals surface area (Å²) in [6.07, 6.45) is 5.28. The van der Waals surface area contributed by atoms with Crippen LogP contribution in [0.5, 0.6) is 5.75 Å². The number of ether oxygens (including phenoxy) is 1. The molecule has 0 aliphatic rings. The van der Waals surface area contributed by atoms with E-state index in [1.807, 2.05) is 19.9 Å². The molecule has 0 heterocycles. The first kappa shape index (κ1) is 15.7. The molecule has 18 heavy (non-hydrogen) atoms. The Morgan fingerprint density at radius 3 is 2.78 bits per heavy atom. The molecule has 0 saturated heterocycles. The first-order valence-electron chi connectivity index (χ1n) is 6.11. The van der Waals surface area contributed by atoms with Gasteiger partial charge in [-0.2, -0.15) is 0 Å². The van der Waals surface area contributed by atoms with Gasteiger partial charge in [0.25, 0.3) is 0 Å². The molecule has 1 N–H and O–H groups in total. The van der Waals surface area contributed by atoms with Crippen LogP contribution in [0.4, 0.5) is 0 Å². The Hall–Kier alpha value is -0.320. The quantitative estimate of drug-likeness (QED) is 0.551. The maximum Gasteiger partial charge on any atom is 0.138 e. The van der Waals surface area contributed by atoms with E-state index in [1.54, 1.807) is 0 Å². The van der Waals surface area contributed by atoms with Gasteiger partial charge in [-0.1, -0.05) is 28.1 Å². The number of hydrogen-bond acceptors (Lipinski definition) is 2. The summed E-state index contributed by atoms with van der Waals surface area (Å²) >= 11 is 7.05. The van der Waals surface area contributed by atoms with Crippen molar-refractivity contribution in [1.82, 2.24) is 5.32 Å². The molecule has 0 aliphatic carbocycles. The third-order valence-corrected chi connectivity index (χ3v) is 3.46. The van der Waals surface area contributed by atoms with Gasteiger partial charge in [-0.15, -0.1) is 0 Å². The van der Waals surface area contributed by atoms with E-state index in [0.717, 1.165) is 34.2 Å². The number of allylic oxidation sites excluding steroid dienone is 1. The second-order valence-electron chi connectivity index (χ2n) is 3.84. The lowest BCUT2D eigenvalue weighted by Crippen LogP contribution is -2.15. The van der Waals surface area contributed by atoms with Gasteiger partial charge in [-0.05, 0) is 54.9 Å². The molecule has 1 aromatic rings. The fraction of sp³-hybridized carbons (Fsp3) is 0.429. The molecule has 0 saturated carbocycles. The standard InChI is InChI=1S/C14H19Br2NO/c1-3-5-6-7-17-10-11-8-12(15)9-13(16)14(11)18-4-2/h3,5,8-9,17H,4,6-7,10H2,1-2H3/b5-3+. The molecule has 1 rings (SSSR count). The van der Waals surface area contributed by atoms with E-state index in [4.69, 9.17) is 4.74 Å². The summed E-state index contributed by atoms with van der Waals surface area (Å²) in [5.74, 6) is 0.930. The third kappa shape index (κ3) is 5.12. The van der Waals surface area contributed by atoms with Crippen LogP contribution in [0.1, 0.15) is 25.8 Å². The largest absolute Gasteiger partial charge is 0.492 e. The molecular weight excluding hydrogens is 358 g/mol. The molecule has 0 fully saturated rings. The summed E-state index contributed by atoms with van der Waals surface area (Å²) in [5.41, 5.74) is 1.17. The van der Waals surface area contributed by atoms with E-state index in [-0.39, 0.29) is 0 Å². The highest BCUT2D eigenvalue weighted by atomic mass is 79.9. The molecule has 100 valence electrons. The number of rotatable bonds is 7. The molecule has 0 unspecified atom stereocenters. The molecule has 0 aliphatic heterocycles. The lowest BCUT2D eigenvalue weighted by atomic mass is 10.2. The predicted molar refractivity (Wildman–Crippen MR) is 84.1 cm³/mol. The van der Waals surface area contributed by atoms with Gasteiger partial charge < -0.3 is 10.1 Å². The molecule has 0 bridgehead atoms. The van der Waals surface area contributed by atoms with Crippen molar-refractivity contribution >= 4 is 31.9 Å². The smallest absolute Gasteiger partial charge is 0.138 e. The van der Waals surface area contributed by atoms with E-state index in [2.05, 4.69) is 55.4 Å². The first-order chi connectivity index (χ1) is 8.69. The van der Waals surface area contributed by atoms with Crippen LogP contribution in [0.3, 0.4) is 0 Å². The Kier molecular flexibility index (Phi) is 7.63. The van der Waals surface area contributed by atoms with Crippen LogP contribution in [0.2, 0.25) is 0 Å². The second kappa shape index (κ2) is 8.73. The van der Waals surface area contributed by atoms with Crippen LogP contribution in [0.25, 0.3) is 0 Å². The summed E-state index contributed by atoms with van der Waals surface area (Å²) < 4.78 is 7.73. The zero-order valence-electron chi connectivity index (χ0n) is 10.8. The van der Waals surface area contributed by atoms with E-state index in [0.29, 0.717) is 6.61 Å². The Labute approximate surface area is 126 Å². The van der Waals surface area contributed by atoms with Crippen LogP contribution in [0, 0.1) is 0 Å². The lowest BCUT2D eigenvalue weighted by molar-refractivity contribution is 0.333. The van der Waals surface area contributed by atoms with Crippen molar-refractivity contribution in [3.8, 4) is 5.75 Å². The van der Waals surface area contributed by atoms with Crippen molar-refractivity contribution in [2.24, 2.45) is 0 Å². The number of nitrogens with one attached hydrogen (secondary N) is 1. The summed E-state index contributed by atoms with van der Waals surface area (Å²) in [6.45, 7) is 6.49. The fourth-order valence-corrected chi connectivity index (χ4v) is 3.05. The molecule has 2 nitrogen and oxygen atoms in total. The van der Waals surface area contributed by atoms with Crippen molar-refractivity contribution < 1.29 is 4.74 Å². The third-order valence-electron chi connectivity index (χ3n) is 2.41. The zero-order chi connectivity index (χ0) is 13.4. The van der Waals surface area contributed by atoms with E-state index >= 15 is 0 Å². The normalized spacial score (nSPS) is 11.1. The van der Waals surface area contributed by atoms with Crippen LogP contribution >= 0.6 is 31.9 Å². The van der Waals surface area contributed by atoms with E-state index in [9.17, 15) is 0 Å². The molecule has 0 atom stereocenters. The van der Waals surface area contributed by atoms with Gasteiger partial charge in [0.1, 0.15) is 5.75 Å². The number of hydrogen-bond donors (Lipinski definition) is 1. The zero-order valence-corrected chi connectivity index (χ0v) is 14.0. The minimum Gasteiger partial charge on any atom is -0.492 e. The van der Waals surface area contributed by atoms with Crippen LogP contribution in [-0.2, 0) is 6.54 Å². The monoisotopic (exact) mass is 375 g/mol. The van der Waals surface area contributed by atoms with Gasteiger partial charge >= 0.3 is 0 Å². The Morgan fingerprint density at radius 1 is 1.33 bits per heavy atom. The number of benzene rings is 1. The topological polar surface area (TPSA) is 21.3 Å². The molecule has 0 aromatic heterocycles. The second-order valence-corrected chi connectivity index (χ2v) is 5.61. The van der Waals surface area contributed by atoms with Crippen LogP contribution < -0.4 is 10.1 Å². The highest BCUT2D eigenvalue weighted by molar-refractivity contribution is 9.11. The van der Waals surface area contributed by atoms with Gasteiger partial charge in [-0.3, -0.25) is 0 Å². The predicted octanol–water partition coefficient (Wildman–Crippen LogP) is 4.67. The SMILES string of the molecule is C/C=C/CCNCc1cc(Br)cc(Br)c1OCC. The highest BCUT2D eigenvalue weighted by Crippen LogP contribution is 2.32. The fourth-order valence-electron chi connectivity index (χ4n) is 1.63. The van der Waals surface area contributed by atoms with Gasteiger partial charge in [0, 0.05) is 16.6 Å². The summed E-state index contributed by atoms with van der Waals surface area (Å²) in [4.78, 5) is 0. The van der Waals surface area contributed by atoms with Crippen molar-refractivity contribution in [1.29, 1.82) is 0 Å². The van der Waals surface area contributed by atoms with Gasteiger partial charge in [0.05, 0.1) is 11.1 Å². The molecule has 0 spiro atoms. The van der Waals surface area contributed by atoms with Gasteiger partial charge in [-0.25, -0.2) is 0 Å². The first-order valence-corrected chi connectivity index (χ1v) is 7.70. The van der Waals surface area contributed by atoms with E-state index in [1.165, 1.54) is 5.56 Å². The van der Waals surface area contributed by atoms with Crippen molar-refractivity contribution in [2.75, 3.05) is 13.2 Å². The Morgan fingerprint density at radius 2 is 2.11 bits per heavy atom. The Balaban J connectivity index is 2.67. The van der Waals surface area contributed by atoms with Crippen LogP contribution in [0.15, 0.2) is 33.2 Å². The minimum absolute atomic E-state index is 0.672. The summed E-state index contributed by atoms with van der Waals surface area (Å²) in [5, 5.41) is 3.42. The van der Waals surface area contributed by atoms with Crippen molar-refractivity contribution in [3.63, 3.8) is 0 Å². The van der Waals surface area contributed by atoms with Crippen molar-refractivity contribution in [2.45, 2.75) is 26.8 Å². The average molecular weight is 377 g/mol. The highest BCUT2D eigenvalue weighted by Gasteiger charge is 2.09. The van der Waals surface area contributed by atoms with Crippen LogP contribution in [-0.4, -0.2) is 13.2 Å². The Bertz CT molecular complexity index is 405. The van der Waals surface area contributed by atoms with Gasteiger partial charge in [0.15, 0.2) is 0 Å². The molecule has 4 heteroatoms. The summed E-state index contributed by atoms with van der Waals surface area (Å²) in [7, 11) is 0. The molecule has 0 amide bonds. The maximum atomic E-state index is 5.68. The average Bonchev–Trinajstić information content (AvgIpc) is 2.33. The van der Waals surface area contributed by atoms with E-state index < -0.39 is 0 Å². The summed E-state index contributed by atoms with van der Waals surface area (Å²) in [6, 6.07) is 4.10. The lowest BCUT2D eigenvalue weighted by Gasteiger charge is -2.13. The molecular formula is C14H19Br2NO. The maximum absolute atomic E-state index is 5.68. The van der Waals surface area contributed by atoms with Gasteiger partial charge in [0.2, 0.25) is 0 Å².